The van der Waals surface area contributed by atoms with Crippen molar-refractivity contribution in [3.8, 4) is 5.75 Å². The SMILES string of the molecule is NCC1COc2ccccc2N1CC(=O)O. The maximum atomic E-state index is 10.8. The first-order valence-corrected chi connectivity index (χ1v) is 5.12. The lowest BCUT2D eigenvalue weighted by atomic mass is 10.1. The van der Waals surface area contributed by atoms with E-state index in [0.717, 1.165) is 5.69 Å². The van der Waals surface area contributed by atoms with Crippen LogP contribution in [0, 0.1) is 0 Å². The van der Waals surface area contributed by atoms with Gasteiger partial charge in [0.1, 0.15) is 18.9 Å². The van der Waals surface area contributed by atoms with Gasteiger partial charge in [-0.3, -0.25) is 4.79 Å². The number of nitrogens with zero attached hydrogens (tertiary/aromatic N) is 1. The van der Waals surface area contributed by atoms with Crippen molar-refractivity contribution in [1.82, 2.24) is 0 Å². The van der Waals surface area contributed by atoms with Gasteiger partial charge in [0.25, 0.3) is 0 Å². The van der Waals surface area contributed by atoms with Gasteiger partial charge in [-0.2, -0.15) is 0 Å². The fourth-order valence-electron chi connectivity index (χ4n) is 1.84. The zero-order chi connectivity index (χ0) is 11.5. The van der Waals surface area contributed by atoms with Crippen LogP contribution in [0.4, 0.5) is 5.69 Å². The Labute approximate surface area is 93.4 Å². The molecular formula is C11H14N2O3. The Morgan fingerprint density at radius 1 is 1.56 bits per heavy atom. The van der Waals surface area contributed by atoms with E-state index >= 15 is 0 Å². The summed E-state index contributed by atoms with van der Waals surface area (Å²) in [6.07, 6.45) is 0. The van der Waals surface area contributed by atoms with Crippen LogP contribution in [0.25, 0.3) is 0 Å². The van der Waals surface area contributed by atoms with Crippen LogP contribution in [0.3, 0.4) is 0 Å². The van der Waals surface area contributed by atoms with E-state index in [1.807, 2.05) is 24.3 Å². The van der Waals surface area contributed by atoms with E-state index in [0.29, 0.717) is 18.9 Å². The average Bonchev–Trinajstić information content (AvgIpc) is 2.29. The molecule has 0 radical (unpaired) electrons. The fourth-order valence-corrected chi connectivity index (χ4v) is 1.84. The summed E-state index contributed by atoms with van der Waals surface area (Å²) in [5, 5.41) is 8.88. The van der Waals surface area contributed by atoms with E-state index in [9.17, 15) is 4.79 Å². The Balaban J connectivity index is 2.32. The van der Waals surface area contributed by atoms with Gasteiger partial charge in [-0.05, 0) is 12.1 Å². The van der Waals surface area contributed by atoms with Crippen LogP contribution in [-0.2, 0) is 4.79 Å². The molecule has 2 rings (SSSR count). The molecule has 5 nitrogen and oxygen atoms in total. The van der Waals surface area contributed by atoms with Crippen LogP contribution < -0.4 is 15.4 Å². The Morgan fingerprint density at radius 2 is 2.31 bits per heavy atom. The number of ether oxygens (including phenoxy) is 1. The van der Waals surface area contributed by atoms with E-state index in [1.54, 1.807) is 4.90 Å². The number of para-hydroxylation sites is 2. The smallest absolute Gasteiger partial charge is 0.323 e. The van der Waals surface area contributed by atoms with Gasteiger partial charge in [0, 0.05) is 6.54 Å². The molecule has 86 valence electrons. The second kappa shape index (κ2) is 4.40. The minimum absolute atomic E-state index is 0.0533. The minimum atomic E-state index is -0.866. The van der Waals surface area contributed by atoms with Crippen LogP contribution >= 0.6 is 0 Å². The zero-order valence-corrected chi connectivity index (χ0v) is 8.80. The molecule has 0 aliphatic carbocycles. The predicted molar refractivity (Wildman–Crippen MR) is 59.8 cm³/mol. The number of anilines is 1. The summed E-state index contributed by atoms with van der Waals surface area (Å²) < 4.78 is 5.52. The maximum absolute atomic E-state index is 10.8. The highest BCUT2D eigenvalue weighted by Crippen LogP contribution is 2.32. The standard InChI is InChI=1S/C11H14N2O3/c12-5-8-7-16-10-4-2-1-3-9(10)13(8)6-11(14)15/h1-4,8H,5-7,12H2,(H,14,15). The van der Waals surface area contributed by atoms with Crippen molar-refractivity contribution in [2.24, 2.45) is 5.73 Å². The molecule has 16 heavy (non-hydrogen) atoms. The van der Waals surface area contributed by atoms with Gasteiger partial charge in [-0.25, -0.2) is 0 Å². The van der Waals surface area contributed by atoms with Crippen molar-refractivity contribution in [2.75, 3.05) is 24.6 Å². The monoisotopic (exact) mass is 222 g/mol. The molecule has 1 aromatic rings. The molecule has 0 saturated carbocycles. The van der Waals surface area contributed by atoms with Gasteiger partial charge in [-0.15, -0.1) is 0 Å². The summed E-state index contributed by atoms with van der Waals surface area (Å²) >= 11 is 0. The first kappa shape index (κ1) is 10.8. The third-order valence-corrected chi connectivity index (χ3v) is 2.62. The quantitative estimate of drug-likeness (QED) is 0.769. The van der Waals surface area contributed by atoms with Crippen molar-refractivity contribution in [1.29, 1.82) is 0 Å². The lowest BCUT2D eigenvalue weighted by Gasteiger charge is -2.36. The van der Waals surface area contributed by atoms with Crippen LogP contribution in [0.1, 0.15) is 0 Å². The third kappa shape index (κ3) is 1.94. The van der Waals surface area contributed by atoms with Crippen molar-refractivity contribution in [2.45, 2.75) is 6.04 Å². The molecule has 0 spiro atoms. The molecule has 1 aromatic carbocycles. The molecule has 0 amide bonds. The number of benzene rings is 1. The van der Waals surface area contributed by atoms with Crippen molar-refractivity contribution in [3.63, 3.8) is 0 Å². The van der Waals surface area contributed by atoms with E-state index < -0.39 is 5.97 Å². The van der Waals surface area contributed by atoms with Gasteiger partial charge in [0.05, 0.1) is 11.7 Å². The Bertz CT molecular complexity index is 395. The summed E-state index contributed by atoms with van der Waals surface area (Å²) in [5.74, 6) is -0.149. The first-order valence-electron chi connectivity index (χ1n) is 5.12. The van der Waals surface area contributed by atoms with Gasteiger partial charge >= 0.3 is 5.97 Å². The summed E-state index contributed by atoms with van der Waals surface area (Å²) in [5.41, 5.74) is 6.41. The molecule has 5 heteroatoms. The highest BCUT2D eigenvalue weighted by Gasteiger charge is 2.27. The number of hydrogen-bond donors (Lipinski definition) is 2. The number of nitrogens with two attached hydrogens (primary N) is 1. The minimum Gasteiger partial charge on any atom is -0.489 e. The van der Waals surface area contributed by atoms with Gasteiger partial charge < -0.3 is 20.5 Å². The number of aliphatic carboxylic acids is 1. The Kier molecular flexibility index (Phi) is 2.96. The second-order valence-corrected chi connectivity index (χ2v) is 3.69. The zero-order valence-electron chi connectivity index (χ0n) is 8.80. The first-order chi connectivity index (χ1) is 7.72. The molecule has 1 atom stereocenters. The normalized spacial score (nSPS) is 18.8. The number of carboxylic acid groups (broad SMARTS) is 1. The average molecular weight is 222 g/mol. The van der Waals surface area contributed by atoms with Crippen LogP contribution in [0.15, 0.2) is 24.3 Å². The molecule has 3 N–H and O–H groups in total. The fraction of sp³-hybridized carbons (Fsp3) is 0.364. The lowest BCUT2D eigenvalue weighted by molar-refractivity contribution is -0.135. The molecule has 0 bridgehead atoms. The van der Waals surface area contributed by atoms with Gasteiger partial charge in [-0.1, -0.05) is 12.1 Å². The maximum Gasteiger partial charge on any atom is 0.323 e. The molecule has 1 unspecified atom stereocenters. The second-order valence-electron chi connectivity index (χ2n) is 3.69. The topological polar surface area (TPSA) is 75.8 Å². The molecule has 0 fully saturated rings. The van der Waals surface area contributed by atoms with Crippen molar-refractivity contribution in [3.05, 3.63) is 24.3 Å². The summed E-state index contributed by atoms with van der Waals surface area (Å²) in [4.78, 5) is 12.6. The Morgan fingerprint density at radius 3 is 3.00 bits per heavy atom. The highest BCUT2D eigenvalue weighted by molar-refractivity contribution is 5.76. The van der Waals surface area contributed by atoms with Gasteiger partial charge in [0.15, 0.2) is 0 Å². The lowest BCUT2D eigenvalue weighted by Crippen LogP contribution is -2.49. The number of carbonyl (C=O) groups is 1. The summed E-state index contributed by atoms with van der Waals surface area (Å²) in [6.45, 7) is 0.755. The van der Waals surface area contributed by atoms with E-state index in [4.69, 9.17) is 15.6 Å². The molecule has 0 saturated heterocycles. The van der Waals surface area contributed by atoms with Crippen LogP contribution in [0.2, 0.25) is 0 Å². The number of hydrogen-bond acceptors (Lipinski definition) is 4. The molecule has 0 aromatic heterocycles. The molecule has 1 heterocycles. The molecule has 1 aliphatic rings. The predicted octanol–water partition coefficient (Wildman–Crippen LogP) is 0.297. The summed E-state index contributed by atoms with van der Waals surface area (Å²) in [7, 11) is 0. The number of carboxylic acids is 1. The third-order valence-electron chi connectivity index (χ3n) is 2.62. The largest absolute Gasteiger partial charge is 0.489 e. The number of fused-ring (bicyclic) bond motifs is 1. The number of rotatable bonds is 3. The van der Waals surface area contributed by atoms with Crippen LogP contribution in [0.5, 0.6) is 5.75 Å². The van der Waals surface area contributed by atoms with Crippen molar-refractivity contribution < 1.29 is 14.6 Å². The van der Waals surface area contributed by atoms with Gasteiger partial charge in [0.2, 0.25) is 0 Å². The molecule has 1 aliphatic heterocycles. The molecular weight excluding hydrogens is 208 g/mol. The summed E-state index contributed by atoms with van der Waals surface area (Å²) in [6, 6.07) is 7.32. The van der Waals surface area contributed by atoms with Crippen molar-refractivity contribution >= 4 is 11.7 Å². The van der Waals surface area contributed by atoms with E-state index in [1.165, 1.54) is 0 Å². The highest BCUT2D eigenvalue weighted by atomic mass is 16.5. The van der Waals surface area contributed by atoms with E-state index in [2.05, 4.69) is 0 Å². The van der Waals surface area contributed by atoms with Crippen LogP contribution in [-0.4, -0.2) is 36.8 Å². The van der Waals surface area contributed by atoms with E-state index in [-0.39, 0.29) is 12.6 Å². The Hall–Kier alpha value is -1.75.